The summed E-state index contributed by atoms with van der Waals surface area (Å²) in [5.74, 6) is 2.40. The van der Waals surface area contributed by atoms with E-state index in [1.165, 1.54) is 31.4 Å². The van der Waals surface area contributed by atoms with Gasteiger partial charge in [0.25, 0.3) is 0 Å². The predicted octanol–water partition coefficient (Wildman–Crippen LogP) is 4.55. The van der Waals surface area contributed by atoms with Crippen LogP contribution in [0.25, 0.3) is 33.0 Å². The molecule has 38 heavy (non-hydrogen) atoms. The summed E-state index contributed by atoms with van der Waals surface area (Å²) < 4.78 is 25.8. The van der Waals surface area contributed by atoms with Crippen LogP contribution in [0, 0.1) is 25.1 Å². The number of benzene rings is 2. The van der Waals surface area contributed by atoms with Crippen molar-refractivity contribution in [2.75, 3.05) is 25.1 Å². The fraction of sp³-hybridized carbons (Fsp3) is 0.172. The molecule has 3 aromatic heterocycles. The number of methoxy groups -OCH3 is 1. The maximum atomic E-state index is 14.6. The molecule has 9 heteroatoms. The number of terminal acetylenes is 1. The number of hydrogen-bond acceptors (Lipinski definition) is 8. The smallest absolute Gasteiger partial charge is 0.349 e. The largest absolute Gasteiger partial charge is 0.508 e. The Labute approximate surface area is 216 Å². The molecule has 188 valence electrons. The molecule has 2 aromatic carbocycles. The molecular formula is C29H21FN4O4. The number of phenolic OH excluding ortho intramolecular Hbond substituents is 1. The van der Waals surface area contributed by atoms with Gasteiger partial charge in [-0.15, -0.1) is 6.42 Å². The number of aromatic hydroxyl groups is 1. The molecule has 1 aliphatic rings. The standard InChI is InChI=1S/C29H21FN4O4/c1-4-19-21(30)9-8-16-11-18(35)12-20(23(16)19)26-15(2)25-24(28(36)38-26)27(33-29(32-25)37-3)34-13-17(14-34)22-7-5-6-10-31-22/h1,5-12,17,35H,13-14H2,2-3H3. The van der Waals surface area contributed by atoms with Crippen molar-refractivity contribution < 1.29 is 18.7 Å². The first-order valence-electron chi connectivity index (χ1n) is 11.9. The number of fused-ring (bicyclic) bond motifs is 2. The molecule has 0 amide bonds. The van der Waals surface area contributed by atoms with Gasteiger partial charge in [-0.2, -0.15) is 9.97 Å². The van der Waals surface area contributed by atoms with Gasteiger partial charge < -0.3 is 19.2 Å². The summed E-state index contributed by atoms with van der Waals surface area (Å²) in [6, 6.07) is 11.5. The molecule has 6 rings (SSSR count). The van der Waals surface area contributed by atoms with Gasteiger partial charge in [-0.3, -0.25) is 4.98 Å². The first-order valence-corrected chi connectivity index (χ1v) is 11.9. The van der Waals surface area contributed by atoms with Crippen molar-refractivity contribution >= 4 is 27.5 Å². The number of nitrogens with zero attached hydrogens (tertiary/aromatic N) is 4. The van der Waals surface area contributed by atoms with Crippen LogP contribution in [-0.2, 0) is 0 Å². The molecule has 0 bridgehead atoms. The van der Waals surface area contributed by atoms with E-state index in [4.69, 9.17) is 15.6 Å². The molecule has 0 aliphatic carbocycles. The summed E-state index contributed by atoms with van der Waals surface area (Å²) in [7, 11) is 1.45. The number of rotatable bonds is 4. The lowest BCUT2D eigenvalue weighted by molar-refractivity contribution is 0.380. The highest BCUT2D eigenvalue weighted by molar-refractivity contribution is 6.03. The molecule has 1 fully saturated rings. The summed E-state index contributed by atoms with van der Waals surface area (Å²) in [5.41, 5.74) is 1.39. The van der Waals surface area contributed by atoms with Gasteiger partial charge in [-0.1, -0.05) is 18.1 Å². The van der Waals surface area contributed by atoms with Crippen LogP contribution < -0.4 is 15.3 Å². The van der Waals surface area contributed by atoms with Crippen molar-refractivity contribution in [3.8, 4) is 35.4 Å². The van der Waals surface area contributed by atoms with Crippen LogP contribution in [0.2, 0.25) is 0 Å². The zero-order chi connectivity index (χ0) is 26.6. The first-order chi connectivity index (χ1) is 18.4. The van der Waals surface area contributed by atoms with E-state index in [1.807, 2.05) is 23.1 Å². The molecule has 0 unspecified atom stereocenters. The number of phenols is 1. The second-order valence-electron chi connectivity index (χ2n) is 9.12. The van der Waals surface area contributed by atoms with Gasteiger partial charge in [0.2, 0.25) is 0 Å². The van der Waals surface area contributed by atoms with Crippen LogP contribution in [0.15, 0.2) is 57.9 Å². The van der Waals surface area contributed by atoms with Crippen molar-refractivity contribution in [3.63, 3.8) is 0 Å². The average molecular weight is 509 g/mol. The second kappa shape index (κ2) is 8.85. The molecule has 0 radical (unpaired) electrons. The molecule has 1 saturated heterocycles. The van der Waals surface area contributed by atoms with Crippen LogP contribution in [0.3, 0.4) is 0 Å². The first kappa shape index (κ1) is 23.4. The lowest BCUT2D eigenvalue weighted by Gasteiger charge is -2.40. The minimum absolute atomic E-state index is 0.00162. The highest BCUT2D eigenvalue weighted by Crippen LogP contribution is 2.40. The number of aromatic nitrogens is 3. The van der Waals surface area contributed by atoms with E-state index in [0.29, 0.717) is 40.8 Å². The van der Waals surface area contributed by atoms with Crippen LogP contribution in [0.1, 0.15) is 22.7 Å². The fourth-order valence-electron chi connectivity index (χ4n) is 4.99. The zero-order valence-electron chi connectivity index (χ0n) is 20.5. The zero-order valence-corrected chi connectivity index (χ0v) is 20.5. The third kappa shape index (κ3) is 3.61. The summed E-state index contributed by atoms with van der Waals surface area (Å²) >= 11 is 0. The third-order valence-corrected chi connectivity index (χ3v) is 6.87. The Morgan fingerprint density at radius 2 is 2.00 bits per heavy atom. The minimum Gasteiger partial charge on any atom is -0.508 e. The van der Waals surface area contributed by atoms with E-state index in [9.17, 15) is 14.3 Å². The van der Waals surface area contributed by atoms with Crippen LogP contribution >= 0.6 is 0 Å². The molecule has 1 N–H and O–H groups in total. The number of anilines is 1. The van der Waals surface area contributed by atoms with Crippen molar-refractivity contribution in [2.24, 2.45) is 0 Å². The van der Waals surface area contributed by atoms with Gasteiger partial charge in [0, 0.05) is 47.4 Å². The maximum Gasteiger partial charge on any atom is 0.349 e. The van der Waals surface area contributed by atoms with Gasteiger partial charge >= 0.3 is 11.6 Å². The highest BCUT2D eigenvalue weighted by atomic mass is 19.1. The maximum absolute atomic E-state index is 14.6. The fourth-order valence-corrected chi connectivity index (χ4v) is 4.99. The van der Waals surface area contributed by atoms with Gasteiger partial charge in [0.1, 0.15) is 22.7 Å². The van der Waals surface area contributed by atoms with Crippen molar-refractivity contribution in [1.82, 2.24) is 15.0 Å². The summed E-state index contributed by atoms with van der Waals surface area (Å²) in [6.07, 6.45) is 7.39. The summed E-state index contributed by atoms with van der Waals surface area (Å²) in [4.78, 5) is 28.8. The Morgan fingerprint density at radius 3 is 2.71 bits per heavy atom. The Balaban J connectivity index is 1.55. The quantitative estimate of drug-likeness (QED) is 0.353. The normalized spacial score (nSPS) is 13.5. The molecule has 0 atom stereocenters. The molecule has 1 aliphatic heterocycles. The lowest BCUT2D eigenvalue weighted by Crippen LogP contribution is -2.46. The number of hydrogen-bond donors (Lipinski definition) is 1. The lowest BCUT2D eigenvalue weighted by atomic mass is 9.94. The predicted molar refractivity (Wildman–Crippen MR) is 141 cm³/mol. The van der Waals surface area contributed by atoms with Crippen molar-refractivity contribution in [3.05, 3.63) is 81.7 Å². The molecule has 8 nitrogen and oxygen atoms in total. The highest BCUT2D eigenvalue weighted by Gasteiger charge is 2.33. The van der Waals surface area contributed by atoms with Crippen molar-refractivity contribution in [1.29, 1.82) is 0 Å². The van der Waals surface area contributed by atoms with E-state index < -0.39 is 11.4 Å². The van der Waals surface area contributed by atoms with Crippen LogP contribution in [0.5, 0.6) is 11.8 Å². The number of ether oxygens (including phenoxy) is 1. The van der Waals surface area contributed by atoms with Gasteiger partial charge in [0.05, 0.1) is 18.2 Å². The SMILES string of the molecule is C#Cc1c(F)ccc2cc(O)cc(-c3oc(=O)c4c(N5CC(c6ccccn6)C5)nc(OC)nc4c3C)c12. The van der Waals surface area contributed by atoms with Crippen LogP contribution in [0.4, 0.5) is 10.2 Å². The van der Waals surface area contributed by atoms with Gasteiger partial charge in [0.15, 0.2) is 5.82 Å². The molecular weight excluding hydrogens is 487 g/mol. The van der Waals surface area contributed by atoms with Gasteiger partial charge in [-0.05, 0) is 42.6 Å². The van der Waals surface area contributed by atoms with E-state index >= 15 is 0 Å². The molecule has 5 aromatic rings. The van der Waals surface area contributed by atoms with Crippen LogP contribution in [-0.4, -0.2) is 40.3 Å². The Hall–Kier alpha value is -4.97. The molecule has 4 heterocycles. The van der Waals surface area contributed by atoms with E-state index in [0.717, 1.165) is 5.69 Å². The molecule has 0 spiro atoms. The Kier molecular flexibility index (Phi) is 5.46. The number of halogens is 1. The Morgan fingerprint density at radius 1 is 1.18 bits per heavy atom. The number of pyridine rings is 1. The summed E-state index contributed by atoms with van der Waals surface area (Å²) in [6.45, 7) is 2.94. The molecule has 0 saturated carbocycles. The average Bonchev–Trinajstić information content (AvgIpc) is 2.90. The summed E-state index contributed by atoms with van der Waals surface area (Å²) in [5, 5.41) is 11.5. The van der Waals surface area contributed by atoms with E-state index in [-0.39, 0.29) is 40.0 Å². The third-order valence-electron chi connectivity index (χ3n) is 6.87. The second-order valence-corrected chi connectivity index (χ2v) is 9.12. The van der Waals surface area contributed by atoms with E-state index in [2.05, 4.69) is 20.9 Å². The number of aryl methyl sites for hydroxylation is 1. The topological polar surface area (TPSA) is 102 Å². The Bertz CT molecular complexity index is 1840. The van der Waals surface area contributed by atoms with Gasteiger partial charge in [-0.25, -0.2) is 9.18 Å². The van der Waals surface area contributed by atoms with E-state index in [1.54, 1.807) is 13.1 Å². The minimum atomic E-state index is -0.672. The monoisotopic (exact) mass is 508 g/mol. The van der Waals surface area contributed by atoms with Crippen molar-refractivity contribution in [2.45, 2.75) is 12.8 Å².